The highest BCUT2D eigenvalue weighted by Gasteiger charge is 2.13. The molecule has 35 heavy (non-hydrogen) atoms. The largest absolute Gasteiger partial charge is 0.491 e. The molecule has 0 aliphatic heterocycles. The minimum Gasteiger partial charge on any atom is -0.491 e. The molecule has 1 unspecified atom stereocenters. The third kappa shape index (κ3) is 9.05. The molecule has 0 aliphatic rings. The molecule has 8 nitrogen and oxygen atoms in total. The van der Waals surface area contributed by atoms with Crippen molar-refractivity contribution in [3.05, 3.63) is 90.0 Å². The third-order valence-corrected chi connectivity index (χ3v) is 6.51. The number of hydrogen-bond acceptors (Lipinski definition) is 6. The van der Waals surface area contributed by atoms with Gasteiger partial charge in [0.2, 0.25) is 5.91 Å². The number of sulfonamides is 1. The van der Waals surface area contributed by atoms with Gasteiger partial charge in [-0.05, 0) is 60.5 Å². The van der Waals surface area contributed by atoms with Gasteiger partial charge in [0, 0.05) is 25.7 Å². The van der Waals surface area contributed by atoms with E-state index in [9.17, 15) is 18.3 Å². The van der Waals surface area contributed by atoms with E-state index in [0.29, 0.717) is 31.1 Å². The highest BCUT2D eigenvalue weighted by Crippen LogP contribution is 2.17. The van der Waals surface area contributed by atoms with E-state index in [0.717, 1.165) is 17.5 Å². The van der Waals surface area contributed by atoms with Crippen LogP contribution in [0.3, 0.4) is 0 Å². The molecule has 1 atom stereocenters. The lowest BCUT2D eigenvalue weighted by molar-refractivity contribution is -0.119. The number of hydrogen-bond donors (Lipinski definition) is 4. The van der Waals surface area contributed by atoms with Crippen LogP contribution in [-0.4, -0.2) is 45.2 Å². The molecule has 3 aromatic carbocycles. The highest BCUT2D eigenvalue weighted by atomic mass is 32.2. The number of ether oxygens (including phenoxy) is 1. The van der Waals surface area contributed by atoms with Crippen molar-refractivity contribution in [3.8, 4) is 5.75 Å². The van der Waals surface area contributed by atoms with E-state index in [-0.39, 0.29) is 17.4 Å². The van der Waals surface area contributed by atoms with Crippen molar-refractivity contribution in [1.82, 2.24) is 10.6 Å². The van der Waals surface area contributed by atoms with Crippen LogP contribution in [0.15, 0.2) is 83.8 Å². The molecule has 0 saturated carbocycles. The average Bonchev–Trinajstić information content (AvgIpc) is 2.86. The maximum Gasteiger partial charge on any atom is 0.261 e. The fraction of sp³-hybridized carbons (Fsp3) is 0.269. The lowest BCUT2D eigenvalue weighted by atomic mass is 10.1. The predicted octanol–water partition coefficient (Wildman–Crippen LogP) is 2.70. The first-order valence-corrected chi connectivity index (χ1v) is 12.8. The molecule has 9 heteroatoms. The first-order valence-electron chi connectivity index (χ1n) is 11.3. The molecule has 0 radical (unpaired) electrons. The van der Waals surface area contributed by atoms with Gasteiger partial charge in [-0.1, -0.05) is 42.5 Å². The number of aliphatic hydroxyl groups is 1. The fourth-order valence-corrected chi connectivity index (χ4v) is 4.36. The molecule has 0 aromatic heterocycles. The Kier molecular flexibility index (Phi) is 9.66. The van der Waals surface area contributed by atoms with E-state index >= 15 is 0 Å². The molecule has 0 fully saturated rings. The minimum atomic E-state index is -3.61. The van der Waals surface area contributed by atoms with Gasteiger partial charge in [0.15, 0.2) is 0 Å². The van der Waals surface area contributed by atoms with Crippen molar-refractivity contribution in [1.29, 1.82) is 0 Å². The van der Waals surface area contributed by atoms with Gasteiger partial charge in [0.1, 0.15) is 18.5 Å². The fourth-order valence-electron chi connectivity index (χ4n) is 3.28. The lowest BCUT2D eigenvalue weighted by Gasteiger charge is -2.14. The summed E-state index contributed by atoms with van der Waals surface area (Å²) in [4.78, 5) is 11.3. The zero-order valence-corrected chi connectivity index (χ0v) is 20.4. The van der Waals surface area contributed by atoms with E-state index < -0.39 is 16.1 Å². The van der Waals surface area contributed by atoms with Crippen LogP contribution in [0.2, 0.25) is 0 Å². The predicted molar refractivity (Wildman–Crippen MR) is 136 cm³/mol. The first-order chi connectivity index (χ1) is 16.8. The molecule has 0 spiro atoms. The maximum absolute atomic E-state index is 12.4. The summed E-state index contributed by atoms with van der Waals surface area (Å²) in [5.41, 5.74) is 2.46. The first kappa shape index (κ1) is 26.2. The Balaban J connectivity index is 1.36. The Morgan fingerprint density at radius 2 is 1.71 bits per heavy atom. The molecule has 3 aromatic rings. The quantitative estimate of drug-likeness (QED) is 0.270. The molecule has 0 saturated heterocycles. The van der Waals surface area contributed by atoms with Crippen molar-refractivity contribution in [2.24, 2.45) is 0 Å². The molecule has 0 aliphatic carbocycles. The van der Waals surface area contributed by atoms with Crippen molar-refractivity contribution >= 4 is 21.6 Å². The zero-order chi connectivity index (χ0) is 25.1. The standard InChI is InChI=1S/C26H31N3O5S/c1-20(30)28-17-22-6-5-7-25(16-22)34-19-24(31)18-27-15-14-21-10-12-23(13-11-21)29-35(32,33)26-8-3-2-4-9-26/h2-13,16,24,27,29,31H,14-15,17-19H2,1H3,(H,28,30). The summed E-state index contributed by atoms with van der Waals surface area (Å²) in [7, 11) is -3.61. The number of rotatable bonds is 13. The van der Waals surface area contributed by atoms with Crippen LogP contribution in [-0.2, 0) is 27.8 Å². The van der Waals surface area contributed by atoms with Gasteiger partial charge in [-0.2, -0.15) is 0 Å². The van der Waals surface area contributed by atoms with Crippen LogP contribution in [0.25, 0.3) is 0 Å². The molecule has 186 valence electrons. The number of anilines is 1. The van der Waals surface area contributed by atoms with Gasteiger partial charge in [-0.25, -0.2) is 8.42 Å². The zero-order valence-electron chi connectivity index (χ0n) is 19.6. The average molecular weight is 498 g/mol. The Labute approximate surface area is 206 Å². The van der Waals surface area contributed by atoms with Crippen LogP contribution in [0.1, 0.15) is 18.1 Å². The van der Waals surface area contributed by atoms with Crippen LogP contribution >= 0.6 is 0 Å². The topological polar surface area (TPSA) is 117 Å². The number of benzene rings is 3. The number of carbonyl (C=O) groups excluding carboxylic acids is 1. The van der Waals surface area contributed by atoms with Gasteiger partial charge < -0.3 is 20.5 Å². The number of amides is 1. The summed E-state index contributed by atoms with van der Waals surface area (Å²) in [6.45, 7) is 3.07. The Morgan fingerprint density at radius 1 is 0.971 bits per heavy atom. The van der Waals surface area contributed by atoms with Crippen LogP contribution < -0.4 is 20.1 Å². The van der Waals surface area contributed by atoms with Crippen molar-refractivity contribution in [2.75, 3.05) is 24.4 Å². The maximum atomic E-state index is 12.4. The summed E-state index contributed by atoms with van der Waals surface area (Å²) >= 11 is 0. The molecule has 0 bridgehead atoms. The van der Waals surface area contributed by atoms with E-state index in [1.165, 1.54) is 6.92 Å². The van der Waals surface area contributed by atoms with E-state index in [1.54, 1.807) is 48.5 Å². The Bertz CT molecular complexity index is 1190. The molecule has 4 N–H and O–H groups in total. The van der Waals surface area contributed by atoms with Crippen molar-refractivity contribution < 1.29 is 23.1 Å². The van der Waals surface area contributed by atoms with Gasteiger partial charge in [0.25, 0.3) is 10.0 Å². The second-order valence-electron chi connectivity index (χ2n) is 8.09. The number of aliphatic hydroxyl groups excluding tert-OH is 1. The van der Waals surface area contributed by atoms with Gasteiger partial charge in [-0.15, -0.1) is 0 Å². The summed E-state index contributed by atoms with van der Waals surface area (Å²) in [5, 5.41) is 16.1. The molecule has 3 rings (SSSR count). The van der Waals surface area contributed by atoms with Crippen LogP contribution in [0, 0.1) is 0 Å². The smallest absolute Gasteiger partial charge is 0.261 e. The van der Waals surface area contributed by atoms with Crippen LogP contribution in [0.4, 0.5) is 5.69 Å². The van der Waals surface area contributed by atoms with Gasteiger partial charge in [0.05, 0.1) is 4.90 Å². The summed E-state index contributed by atoms with van der Waals surface area (Å²) in [6, 6.07) is 22.8. The third-order valence-electron chi connectivity index (χ3n) is 5.11. The minimum absolute atomic E-state index is 0.0959. The summed E-state index contributed by atoms with van der Waals surface area (Å²) in [6.07, 6.45) is 0.0496. The molecular weight excluding hydrogens is 466 g/mol. The second-order valence-corrected chi connectivity index (χ2v) is 9.77. The normalized spacial score (nSPS) is 12.1. The summed E-state index contributed by atoms with van der Waals surface area (Å²) in [5.74, 6) is 0.538. The van der Waals surface area contributed by atoms with Gasteiger partial charge >= 0.3 is 0 Å². The number of nitrogens with one attached hydrogen (secondary N) is 3. The van der Waals surface area contributed by atoms with Gasteiger partial charge in [-0.3, -0.25) is 9.52 Å². The highest BCUT2D eigenvalue weighted by molar-refractivity contribution is 7.92. The lowest BCUT2D eigenvalue weighted by Crippen LogP contribution is -2.32. The monoisotopic (exact) mass is 497 g/mol. The second kappa shape index (κ2) is 12.9. The number of carbonyl (C=O) groups is 1. The van der Waals surface area contributed by atoms with E-state index in [2.05, 4.69) is 15.4 Å². The Morgan fingerprint density at radius 3 is 2.43 bits per heavy atom. The van der Waals surface area contributed by atoms with Crippen LogP contribution in [0.5, 0.6) is 5.75 Å². The molecule has 0 heterocycles. The Hall–Kier alpha value is -3.40. The SMILES string of the molecule is CC(=O)NCc1cccc(OCC(O)CNCCc2ccc(NS(=O)(=O)c3ccccc3)cc2)c1. The molecular formula is C26H31N3O5S. The van der Waals surface area contributed by atoms with E-state index in [4.69, 9.17) is 4.74 Å². The van der Waals surface area contributed by atoms with Crippen molar-refractivity contribution in [3.63, 3.8) is 0 Å². The van der Waals surface area contributed by atoms with E-state index in [1.807, 2.05) is 30.3 Å². The molecule has 1 amide bonds. The summed E-state index contributed by atoms with van der Waals surface area (Å²) < 4.78 is 33.0. The van der Waals surface area contributed by atoms with Crippen molar-refractivity contribution in [2.45, 2.75) is 30.9 Å².